The molecule has 2 amide bonds. The van der Waals surface area contributed by atoms with E-state index in [9.17, 15) is 27.6 Å². The summed E-state index contributed by atoms with van der Waals surface area (Å²) in [5, 5.41) is 2.40. The molecule has 0 fully saturated rings. The third-order valence-corrected chi connectivity index (χ3v) is 3.43. The summed E-state index contributed by atoms with van der Waals surface area (Å²) in [4.78, 5) is 34.5. The number of amides is 2. The topological polar surface area (TPSA) is 89.3 Å². The van der Waals surface area contributed by atoms with E-state index in [0.29, 0.717) is 12.0 Å². The van der Waals surface area contributed by atoms with Crippen molar-refractivity contribution in [1.29, 1.82) is 0 Å². The van der Waals surface area contributed by atoms with E-state index < -0.39 is 29.6 Å². The van der Waals surface area contributed by atoms with Crippen LogP contribution in [0.15, 0.2) is 24.3 Å². The zero-order valence-corrected chi connectivity index (χ0v) is 13.2. The van der Waals surface area contributed by atoms with E-state index >= 15 is 0 Å². The first-order valence-corrected chi connectivity index (χ1v) is 7.40. The Morgan fingerprint density at radius 1 is 1.17 bits per heavy atom. The Hall–Kier alpha value is -2.38. The molecule has 1 atom stereocenters. The van der Waals surface area contributed by atoms with Crippen molar-refractivity contribution in [2.45, 2.75) is 44.8 Å². The fourth-order valence-electron chi connectivity index (χ4n) is 2.01. The Morgan fingerprint density at radius 2 is 1.75 bits per heavy atom. The van der Waals surface area contributed by atoms with Crippen LogP contribution >= 0.6 is 0 Å². The minimum Gasteiger partial charge on any atom is -0.368 e. The Bertz CT molecular complexity index is 598. The van der Waals surface area contributed by atoms with Crippen molar-refractivity contribution in [3.8, 4) is 0 Å². The predicted molar refractivity (Wildman–Crippen MR) is 80.8 cm³/mol. The van der Waals surface area contributed by atoms with Gasteiger partial charge in [0.25, 0.3) is 0 Å². The standard InChI is InChI=1S/C16H19F3N2O3/c1-2-12(22)7-8-13(15(20)24)21-14(23)9-10-3-5-11(6-4-10)16(17,18)19/h3-6,13H,2,7-9H2,1H3,(H2,20,24)(H,21,23)/t13-/m1/s1. The lowest BCUT2D eigenvalue weighted by atomic mass is 10.1. The van der Waals surface area contributed by atoms with Gasteiger partial charge in [-0.15, -0.1) is 0 Å². The van der Waals surface area contributed by atoms with Crippen LogP contribution in [0.25, 0.3) is 0 Å². The monoisotopic (exact) mass is 344 g/mol. The number of hydrogen-bond acceptors (Lipinski definition) is 3. The first-order valence-electron chi connectivity index (χ1n) is 7.40. The molecule has 0 saturated carbocycles. The van der Waals surface area contributed by atoms with Crippen molar-refractivity contribution < 1.29 is 27.6 Å². The molecule has 0 aliphatic heterocycles. The minimum atomic E-state index is -4.44. The lowest BCUT2D eigenvalue weighted by Crippen LogP contribution is -2.45. The molecule has 0 unspecified atom stereocenters. The van der Waals surface area contributed by atoms with Crippen LogP contribution in [0.5, 0.6) is 0 Å². The van der Waals surface area contributed by atoms with Crippen molar-refractivity contribution in [2.24, 2.45) is 5.73 Å². The molecule has 8 heteroatoms. The Balaban J connectivity index is 2.62. The number of hydrogen-bond donors (Lipinski definition) is 2. The molecule has 0 radical (unpaired) electrons. The first-order chi connectivity index (χ1) is 11.1. The SMILES string of the molecule is CCC(=O)CC[C@@H](NC(=O)Cc1ccc(C(F)(F)F)cc1)C(N)=O. The van der Waals surface area contributed by atoms with E-state index in [1.807, 2.05) is 0 Å². The van der Waals surface area contributed by atoms with E-state index in [1.54, 1.807) is 6.92 Å². The van der Waals surface area contributed by atoms with Crippen LogP contribution in [0, 0.1) is 0 Å². The van der Waals surface area contributed by atoms with Gasteiger partial charge in [0.2, 0.25) is 11.8 Å². The number of rotatable bonds is 8. The Morgan fingerprint density at radius 3 is 2.21 bits per heavy atom. The largest absolute Gasteiger partial charge is 0.416 e. The molecule has 0 aliphatic carbocycles. The van der Waals surface area contributed by atoms with Crippen LogP contribution in [-0.4, -0.2) is 23.6 Å². The van der Waals surface area contributed by atoms with E-state index in [1.165, 1.54) is 12.1 Å². The molecular formula is C16H19F3N2O3. The normalized spacial score (nSPS) is 12.5. The molecule has 0 aliphatic rings. The van der Waals surface area contributed by atoms with Crippen LogP contribution in [0.1, 0.15) is 37.3 Å². The van der Waals surface area contributed by atoms with Gasteiger partial charge >= 0.3 is 6.18 Å². The predicted octanol–water partition coefficient (Wildman–Crippen LogP) is 1.98. The van der Waals surface area contributed by atoms with Crippen LogP contribution in [0.3, 0.4) is 0 Å². The van der Waals surface area contributed by atoms with Gasteiger partial charge in [0.05, 0.1) is 12.0 Å². The maximum absolute atomic E-state index is 12.5. The second-order valence-corrected chi connectivity index (χ2v) is 5.32. The average molecular weight is 344 g/mol. The molecule has 1 aromatic rings. The Labute approximate surface area is 137 Å². The van der Waals surface area contributed by atoms with Crippen LogP contribution in [0.2, 0.25) is 0 Å². The summed E-state index contributed by atoms with van der Waals surface area (Å²) in [6, 6.07) is 3.18. The highest BCUT2D eigenvalue weighted by molar-refractivity contribution is 5.88. The third kappa shape index (κ3) is 6.39. The number of carbonyl (C=O) groups excluding carboxylic acids is 3. The highest BCUT2D eigenvalue weighted by atomic mass is 19.4. The van der Waals surface area contributed by atoms with Gasteiger partial charge < -0.3 is 11.1 Å². The number of halogens is 3. The van der Waals surface area contributed by atoms with Crippen LogP contribution in [0.4, 0.5) is 13.2 Å². The number of nitrogens with one attached hydrogen (secondary N) is 1. The summed E-state index contributed by atoms with van der Waals surface area (Å²) in [5.74, 6) is -1.37. The van der Waals surface area contributed by atoms with Crippen molar-refractivity contribution in [1.82, 2.24) is 5.32 Å². The van der Waals surface area contributed by atoms with E-state index in [-0.39, 0.29) is 25.0 Å². The fourth-order valence-corrected chi connectivity index (χ4v) is 2.01. The quantitative estimate of drug-likeness (QED) is 0.756. The molecule has 0 aromatic heterocycles. The second-order valence-electron chi connectivity index (χ2n) is 5.32. The number of benzene rings is 1. The number of nitrogens with two attached hydrogens (primary N) is 1. The zero-order chi connectivity index (χ0) is 18.3. The van der Waals surface area contributed by atoms with Gasteiger partial charge in [-0.2, -0.15) is 13.2 Å². The van der Waals surface area contributed by atoms with Gasteiger partial charge in [-0.1, -0.05) is 19.1 Å². The number of carbonyl (C=O) groups is 3. The summed E-state index contributed by atoms with van der Waals surface area (Å²) >= 11 is 0. The molecule has 3 N–H and O–H groups in total. The molecule has 5 nitrogen and oxygen atoms in total. The molecule has 24 heavy (non-hydrogen) atoms. The molecule has 0 spiro atoms. The van der Waals surface area contributed by atoms with Crippen LogP contribution in [-0.2, 0) is 27.0 Å². The highest BCUT2D eigenvalue weighted by Gasteiger charge is 2.30. The smallest absolute Gasteiger partial charge is 0.368 e. The van der Waals surface area contributed by atoms with Gasteiger partial charge in [-0.05, 0) is 24.1 Å². The third-order valence-electron chi connectivity index (χ3n) is 3.43. The maximum Gasteiger partial charge on any atom is 0.416 e. The molecule has 1 rings (SSSR count). The number of Topliss-reactive ketones (excluding diaryl/α,β-unsaturated/α-hetero) is 1. The van der Waals surface area contributed by atoms with Gasteiger partial charge in [-0.25, -0.2) is 0 Å². The van der Waals surface area contributed by atoms with Gasteiger partial charge in [-0.3, -0.25) is 14.4 Å². The summed E-state index contributed by atoms with van der Waals surface area (Å²) < 4.78 is 37.4. The zero-order valence-electron chi connectivity index (χ0n) is 13.2. The lowest BCUT2D eigenvalue weighted by Gasteiger charge is -2.15. The van der Waals surface area contributed by atoms with Crippen LogP contribution < -0.4 is 11.1 Å². The maximum atomic E-state index is 12.5. The van der Waals surface area contributed by atoms with Gasteiger partial charge in [0.1, 0.15) is 11.8 Å². The minimum absolute atomic E-state index is 0.0572. The number of alkyl halides is 3. The van der Waals surface area contributed by atoms with E-state index in [4.69, 9.17) is 5.73 Å². The molecule has 0 saturated heterocycles. The summed E-state index contributed by atoms with van der Waals surface area (Å²) in [6.45, 7) is 1.69. The Kier molecular flexibility index (Phi) is 6.94. The van der Waals surface area contributed by atoms with Crippen molar-refractivity contribution >= 4 is 17.6 Å². The van der Waals surface area contributed by atoms with Gasteiger partial charge in [0, 0.05) is 12.8 Å². The van der Waals surface area contributed by atoms with E-state index in [2.05, 4.69) is 5.32 Å². The van der Waals surface area contributed by atoms with Crippen molar-refractivity contribution in [2.75, 3.05) is 0 Å². The molecule has 0 bridgehead atoms. The second kappa shape index (κ2) is 8.47. The fraction of sp³-hybridized carbons (Fsp3) is 0.438. The summed E-state index contributed by atoms with van der Waals surface area (Å²) in [5.41, 5.74) is 4.75. The summed E-state index contributed by atoms with van der Waals surface area (Å²) in [6.07, 6.45) is -4.09. The van der Waals surface area contributed by atoms with Crippen molar-refractivity contribution in [3.63, 3.8) is 0 Å². The summed E-state index contributed by atoms with van der Waals surface area (Å²) in [7, 11) is 0. The highest BCUT2D eigenvalue weighted by Crippen LogP contribution is 2.29. The molecule has 1 aromatic carbocycles. The molecular weight excluding hydrogens is 325 g/mol. The lowest BCUT2D eigenvalue weighted by molar-refractivity contribution is -0.137. The van der Waals surface area contributed by atoms with Gasteiger partial charge in [0.15, 0.2) is 0 Å². The first kappa shape index (κ1) is 19.7. The number of ketones is 1. The number of primary amides is 1. The van der Waals surface area contributed by atoms with Crippen molar-refractivity contribution in [3.05, 3.63) is 35.4 Å². The molecule has 132 valence electrons. The average Bonchev–Trinajstić information content (AvgIpc) is 2.50. The molecule has 0 heterocycles. The van der Waals surface area contributed by atoms with E-state index in [0.717, 1.165) is 12.1 Å².